The minimum atomic E-state index is -0.563. The van der Waals surface area contributed by atoms with Crippen LogP contribution in [-0.4, -0.2) is 21.9 Å². The molecule has 0 saturated carbocycles. The molecule has 0 radical (unpaired) electrons. The molecule has 6 nitrogen and oxygen atoms in total. The third kappa shape index (κ3) is 4.87. The van der Waals surface area contributed by atoms with Gasteiger partial charge in [-0.1, -0.05) is 30.3 Å². The zero-order valence-corrected chi connectivity index (χ0v) is 13.3. The fourth-order valence-corrected chi connectivity index (χ4v) is 1.95. The third-order valence-electron chi connectivity index (χ3n) is 2.81. The van der Waals surface area contributed by atoms with Gasteiger partial charge in [0.1, 0.15) is 11.6 Å². The lowest BCUT2D eigenvalue weighted by molar-refractivity contribution is 0.0495. The maximum Gasteiger partial charge on any atom is 0.408 e. The first-order valence-corrected chi connectivity index (χ1v) is 7.17. The number of ether oxygens (including phenoxy) is 1. The summed E-state index contributed by atoms with van der Waals surface area (Å²) in [6.07, 6.45) is 0.0334. The number of aromatic nitrogens is 2. The van der Waals surface area contributed by atoms with Crippen molar-refractivity contribution in [2.45, 2.75) is 45.8 Å². The largest absolute Gasteiger partial charge is 0.444 e. The van der Waals surface area contributed by atoms with Crippen molar-refractivity contribution in [3.8, 4) is 0 Å². The van der Waals surface area contributed by atoms with E-state index in [2.05, 4.69) is 15.5 Å². The lowest BCUT2D eigenvalue weighted by Gasteiger charge is -2.22. The summed E-state index contributed by atoms with van der Waals surface area (Å²) < 4.78 is 10.8. The molecule has 2 rings (SSSR count). The Labute approximate surface area is 129 Å². The second kappa shape index (κ2) is 6.60. The molecule has 2 aromatic rings. The summed E-state index contributed by atoms with van der Waals surface area (Å²) >= 11 is 0. The number of amides is 1. The number of carbonyl (C=O) groups is 1. The van der Waals surface area contributed by atoms with E-state index in [-0.39, 0.29) is 0 Å². The van der Waals surface area contributed by atoms with E-state index in [9.17, 15) is 4.79 Å². The standard InChI is InChI=1S/C16H21N3O3/c1-11-18-19-14(21-11)13(10-12-8-6-5-7-9-12)17-15(20)22-16(2,3)4/h5-9,13H,10H2,1-4H3,(H,17,20). The Morgan fingerprint density at radius 2 is 1.95 bits per heavy atom. The third-order valence-corrected chi connectivity index (χ3v) is 2.81. The number of hydrogen-bond acceptors (Lipinski definition) is 5. The normalized spacial score (nSPS) is 12.7. The van der Waals surface area contributed by atoms with Crippen LogP contribution < -0.4 is 5.32 Å². The zero-order chi connectivity index (χ0) is 16.2. The molecular formula is C16H21N3O3. The van der Waals surface area contributed by atoms with Crippen molar-refractivity contribution in [2.24, 2.45) is 0 Å². The van der Waals surface area contributed by atoms with Crippen LogP contribution in [0, 0.1) is 6.92 Å². The zero-order valence-electron chi connectivity index (χ0n) is 13.3. The Hall–Kier alpha value is -2.37. The number of rotatable bonds is 4. The molecule has 0 saturated heterocycles. The van der Waals surface area contributed by atoms with E-state index in [1.165, 1.54) is 0 Å². The van der Waals surface area contributed by atoms with E-state index >= 15 is 0 Å². The monoisotopic (exact) mass is 303 g/mol. The van der Waals surface area contributed by atoms with Crippen LogP contribution in [0.3, 0.4) is 0 Å². The van der Waals surface area contributed by atoms with Gasteiger partial charge in [0.2, 0.25) is 11.8 Å². The van der Waals surface area contributed by atoms with Crippen molar-refractivity contribution in [3.63, 3.8) is 0 Å². The van der Waals surface area contributed by atoms with Gasteiger partial charge in [-0.05, 0) is 26.3 Å². The van der Waals surface area contributed by atoms with Gasteiger partial charge in [-0.25, -0.2) is 4.79 Å². The summed E-state index contributed by atoms with van der Waals surface area (Å²) in [6, 6.07) is 9.35. The number of hydrogen-bond donors (Lipinski definition) is 1. The minimum Gasteiger partial charge on any atom is -0.444 e. The molecule has 6 heteroatoms. The van der Waals surface area contributed by atoms with Gasteiger partial charge >= 0.3 is 6.09 Å². The molecule has 0 fully saturated rings. The summed E-state index contributed by atoms with van der Waals surface area (Å²) in [5.74, 6) is 0.825. The van der Waals surface area contributed by atoms with Crippen molar-refractivity contribution >= 4 is 6.09 Å². The molecule has 0 aliphatic carbocycles. The maximum absolute atomic E-state index is 12.0. The Kier molecular flexibility index (Phi) is 4.80. The molecule has 118 valence electrons. The molecule has 0 aliphatic heterocycles. The number of alkyl carbamates (subject to hydrolysis) is 1. The summed E-state index contributed by atoms with van der Waals surface area (Å²) in [4.78, 5) is 12.0. The molecule has 0 aliphatic rings. The van der Waals surface area contributed by atoms with E-state index in [0.29, 0.717) is 18.2 Å². The first-order chi connectivity index (χ1) is 10.3. The van der Waals surface area contributed by atoms with Crippen molar-refractivity contribution in [1.29, 1.82) is 0 Å². The highest BCUT2D eigenvalue weighted by molar-refractivity contribution is 5.68. The molecule has 1 N–H and O–H groups in total. The van der Waals surface area contributed by atoms with E-state index in [1.807, 2.05) is 51.1 Å². The van der Waals surface area contributed by atoms with Crippen LogP contribution in [0.4, 0.5) is 4.79 Å². The van der Waals surface area contributed by atoms with Crippen LogP contribution in [-0.2, 0) is 11.2 Å². The van der Waals surface area contributed by atoms with Crippen LogP contribution in [0.5, 0.6) is 0 Å². The van der Waals surface area contributed by atoms with E-state index in [1.54, 1.807) is 6.92 Å². The average Bonchev–Trinajstić information content (AvgIpc) is 2.84. The smallest absolute Gasteiger partial charge is 0.408 e. The molecule has 1 aromatic carbocycles. The molecular weight excluding hydrogens is 282 g/mol. The molecule has 0 bridgehead atoms. The summed E-state index contributed by atoms with van der Waals surface area (Å²) in [6.45, 7) is 7.16. The first-order valence-electron chi connectivity index (χ1n) is 7.17. The van der Waals surface area contributed by atoms with Gasteiger partial charge in [0.25, 0.3) is 0 Å². The summed E-state index contributed by atoms with van der Waals surface area (Å²) in [5.41, 5.74) is 0.492. The summed E-state index contributed by atoms with van der Waals surface area (Å²) in [5, 5.41) is 10.6. The highest BCUT2D eigenvalue weighted by atomic mass is 16.6. The molecule has 1 atom stereocenters. The first kappa shape index (κ1) is 16.0. The number of benzene rings is 1. The lowest BCUT2D eigenvalue weighted by atomic mass is 10.1. The Morgan fingerprint density at radius 1 is 1.27 bits per heavy atom. The molecule has 1 heterocycles. The fraction of sp³-hybridized carbons (Fsp3) is 0.438. The van der Waals surface area contributed by atoms with Gasteiger partial charge in [0.05, 0.1) is 0 Å². The SMILES string of the molecule is Cc1nnc(C(Cc2ccccc2)NC(=O)OC(C)(C)C)o1. The molecule has 1 aromatic heterocycles. The molecule has 22 heavy (non-hydrogen) atoms. The maximum atomic E-state index is 12.0. The van der Waals surface area contributed by atoms with Crippen molar-refractivity contribution in [2.75, 3.05) is 0 Å². The van der Waals surface area contributed by atoms with Crippen molar-refractivity contribution in [3.05, 3.63) is 47.7 Å². The van der Waals surface area contributed by atoms with Crippen LogP contribution in [0.1, 0.15) is 44.2 Å². The van der Waals surface area contributed by atoms with Gasteiger partial charge < -0.3 is 14.5 Å². The minimum absolute atomic E-state index is 0.368. The Balaban J connectivity index is 2.13. The number of carbonyl (C=O) groups excluding carboxylic acids is 1. The molecule has 1 amide bonds. The average molecular weight is 303 g/mol. The van der Waals surface area contributed by atoms with Gasteiger partial charge in [0, 0.05) is 13.3 Å². The van der Waals surface area contributed by atoms with E-state index in [0.717, 1.165) is 5.56 Å². The number of nitrogens with one attached hydrogen (secondary N) is 1. The number of aryl methyl sites for hydroxylation is 1. The lowest BCUT2D eigenvalue weighted by Crippen LogP contribution is -2.36. The topological polar surface area (TPSA) is 77.2 Å². The van der Waals surface area contributed by atoms with Gasteiger partial charge in [-0.15, -0.1) is 10.2 Å². The van der Waals surface area contributed by atoms with Crippen LogP contribution >= 0.6 is 0 Å². The van der Waals surface area contributed by atoms with Crippen LogP contribution in [0.15, 0.2) is 34.7 Å². The molecule has 1 unspecified atom stereocenters. The van der Waals surface area contributed by atoms with Gasteiger partial charge in [0.15, 0.2) is 0 Å². The quantitative estimate of drug-likeness (QED) is 0.938. The van der Waals surface area contributed by atoms with Crippen molar-refractivity contribution in [1.82, 2.24) is 15.5 Å². The Morgan fingerprint density at radius 3 is 2.50 bits per heavy atom. The predicted molar refractivity (Wildman–Crippen MR) is 81.3 cm³/mol. The highest BCUT2D eigenvalue weighted by Gasteiger charge is 2.24. The second-order valence-electron chi connectivity index (χ2n) is 6.05. The van der Waals surface area contributed by atoms with E-state index < -0.39 is 17.7 Å². The Bertz CT molecular complexity index is 617. The summed E-state index contributed by atoms with van der Waals surface area (Å²) in [7, 11) is 0. The van der Waals surface area contributed by atoms with Gasteiger partial charge in [-0.3, -0.25) is 0 Å². The fourth-order valence-electron chi connectivity index (χ4n) is 1.95. The van der Waals surface area contributed by atoms with Crippen LogP contribution in [0.2, 0.25) is 0 Å². The van der Waals surface area contributed by atoms with E-state index in [4.69, 9.17) is 9.15 Å². The second-order valence-corrected chi connectivity index (χ2v) is 6.05. The predicted octanol–water partition coefficient (Wildman–Crippen LogP) is 3.19. The van der Waals surface area contributed by atoms with Crippen LogP contribution in [0.25, 0.3) is 0 Å². The van der Waals surface area contributed by atoms with Gasteiger partial charge in [-0.2, -0.15) is 0 Å². The highest BCUT2D eigenvalue weighted by Crippen LogP contribution is 2.18. The molecule has 0 spiro atoms. The van der Waals surface area contributed by atoms with Crippen molar-refractivity contribution < 1.29 is 13.9 Å². The number of nitrogens with zero attached hydrogens (tertiary/aromatic N) is 2.